The van der Waals surface area contributed by atoms with Crippen LogP contribution in [-0.4, -0.2) is 35.6 Å². The lowest BCUT2D eigenvalue weighted by molar-refractivity contribution is -0.137. The van der Waals surface area contributed by atoms with Crippen LogP contribution in [0.15, 0.2) is 77.3 Å². The van der Waals surface area contributed by atoms with Crippen LogP contribution in [-0.2, 0) is 4.79 Å². The highest BCUT2D eigenvalue weighted by molar-refractivity contribution is 9.10. The molecular formula is C28H25BrN2O4. The average molecular weight is 533 g/mol. The number of hydrogen-bond acceptors (Lipinski definition) is 4. The number of rotatable bonds is 8. The van der Waals surface area contributed by atoms with Gasteiger partial charge in [-0.2, -0.15) is 0 Å². The van der Waals surface area contributed by atoms with Crippen molar-refractivity contribution in [2.45, 2.75) is 19.3 Å². The number of fused-ring (bicyclic) bond motifs is 1. The van der Waals surface area contributed by atoms with E-state index in [-0.39, 0.29) is 18.9 Å². The van der Waals surface area contributed by atoms with Gasteiger partial charge in [-0.3, -0.25) is 9.59 Å². The van der Waals surface area contributed by atoms with Crippen molar-refractivity contribution in [2.75, 3.05) is 13.7 Å². The van der Waals surface area contributed by atoms with Crippen LogP contribution in [0.25, 0.3) is 22.2 Å². The summed E-state index contributed by atoms with van der Waals surface area (Å²) in [5.74, 6) is -0.907. The van der Waals surface area contributed by atoms with Crippen molar-refractivity contribution < 1.29 is 19.4 Å². The van der Waals surface area contributed by atoms with E-state index in [0.29, 0.717) is 16.8 Å². The maximum Gasteiger partial charge on any atom is 0.304 e. The molecule has 1 heterocycles. The third-order valence-electron chi connectivity index (χ3n) is 5.98. The smallest absolute Gasteiger partial charge is 0.304 e. The largest absolute Gasteiger partial charge is 0.497 e. The normalized spacial score (nSPS) is 11.7. The summed E-state index contributed by atoms with van der Waals surface area (Å²) in [5.41, 5.74) is 4.48. The van der Waals surface area contributed by atoms with Gasteiger partial charge in [-0.15, -0.1) is 0 Å². The van der Waals surface area contributed by atoms with E-state index in [1.807, 2.05) is 67.6 Å². The number of halogens is 1. The highest BCUT2D eigenvalue weighted by atomic mass is 79.9. The topological polar surface area (TPSA) is 88.5 Å². The lowest BCUT2D eigenvalue weighted by Crippen LogP contribution is -2.30. The lowest BCUT2D eigenvalue weighted by atomic mass is 9.94. The van der Waals surface area contributed by atoms with E-state index in [0.717, 1.165) is 32.2 Å². The van der Waals surface area contributed by atoms with Crippen molar-refractivity contribution in [3.8, 4) is 17.0 Å². The third kappa shape index (κ3) is 5.52. The number of aromatic nitrogens is 1. The fourth-order valence-electron chi connectivity index (χ4n) is 4.20. The van der Waals surface area contributed by atoms with Gasteiger partial charge < -0.3 is 15.2 Å². The molecule has 0 bridgehead atoms. The van der Waals surface area contributed by atoms with Gasteiger partial charge in [0.1, 0.15) is 5.75 Å². The number of nitrogens with one attached hydrogen (secondary N) is 1. The number of ether oxygens (including phenoxy) is 1. The number of carbonyl (C=O) groups excluding carboxylic acids is 1. The molecule has 6 nitrogen and oxygen atoms in total. The molecule has 1 unspecified atom stereocenters. The van der Waals surface area contributed by atoms with E-state index < -0.39 is 11.9 Å². The number of pyridine rings is 1. The first-order chi connectivity index (χ1) is 16.9. The van der Waals surface area contributed by atoms with Gasteiger partial charge in [0.25, 0.3) is 5.91 Å². The van der Waals surface area contributed by atoms with Crippen molar-refractivity contribution >= 4 is 38.7 Å². The summed E-state index contributed by atoms with van der Waals surface area (Å²) in [6.07, 6.45) is -0.108. The molecule has 0 aliphatic heterocycles. The summed E-state index contributed by atoms with van der Waals surface area (Å²) in [6.45, 7) is 2.07. The molecule has 2 N–H and O–H groups in total. The Morgan fingerprint density at radius 1 is 1.06 bits per heavy atom. The van der Waals surface area contributed by atoms with E-state index in [4.69, 9.17) is 9.72 Å². The molecule has 0 saturated carbocycles. The highest BCUT2D eigenvalue weighted by Crippen LogP contribution is 2.31. The van der Waals surface area contributed by atoms with Crippen LogP contribution in [0.3, 0.4) is 0 Å². The molecule has 0 aliphatic carbocycles. The molecule has 1 aromatic heterocycles. The molecule has 0 radical (unpaired) electrons. The van der Waals surface area contributed by atoms with E-state index >= 15 is 0 Å². The molecule has 4 aromatic rings. The first-order valence-electron chi connectivity index (χ1n) is 11.2. The van der Waals surface area contributed by atoms with Gasteiger partial charge in [0.15, 0.2) is 0 Å². The van der Waals surface area contributed by atoms with Crippen molar-refractivity contribution in [3.63, 3.8) is 0 Å². The molecule has 0 fully saturated rings. The standard InChI is InChI=1S/C28H25BrN2O4/c1-17-26(23-15-21(29)10-13-24(23)31-27(17)19-6-4-3-5-7-19)28(34)30-16-20(14-25(32)33)18-8-11-22(35-2)12-9-18/h3-13,15,20H,14,16H2,1-2H3,(H,30,34)(H,32,33). The summed E-state index contributed by atoms with van der Waals surface area (Å²) < 4.78 is 6.04. The summed E-state index contributed by atoms with van der Waals surface area (Å²) in [5, 5.41) is 13.2. The van der Waals surface area contributed by atoms with E-state index in [9.17, 15) is 14.7 Å². The zero-order chi connectivity index (χ0) is 24.9. The van der Waals surface area contributed by atoms with Crippen molar-refractivity contribution in [2.24, 2.45) is 0 Å². The predicted molar refractivity (Wildman–Crippen MR) is 140 cm³/mol. The van der Waals surface area contributed by atoms with Crippen molar-refractivity contribution in [1.29, 1.82) is 0 Å². The molecule has 3 aromatic carbocycles. The van der Waals surface area contributed by atoms with Gasteiger partial charge in [-0.25, -0.2) is 4.98 Å². The molecule has 1 atom stereocenters. The van der Waals surface area contributed by atoms with Gasteiger partial charge in [-0.1, -0.05) is 58.4 Å². The van der Waals surface area contributed by atoms with Crippen LogP contribution >= 0.6 is 15.9 Å². The first kappa shape index (κ1) is 24.4. The number of aliphatic carboxylic acids is 1. The van der Waals surface area contributed by atoms with E-state index in [1.165, 1.54) is 0 Å². The van der Waals surface area contributed by atoms with Gasteiger partial charge in [0.05, 0.1) is 30.3 Å². The average Bonchev–Trinajstić information content (AvgIpc) is 2.86. The predicted octanol–water partition coefficient (Wildman–Crippen LogP) is 5.97. The van der Waals surface area contributed by atoms with Crippen LogP contribution in [0.2, 0.25) is 0 Å². The van der Waals surface area contributed by atoms with E-state index in [2.05, 4.69) is 21.2 Å². The molecule has 0 aliphatic rings. The van der Waals surface area contributed by atoms with Crippen molar-refractivity contribution in [1.82, 2.24) is 10.3 Å². The number of carboxylic acids is 1. The fourth-order valence-corrected chi connectivity index (χ4v) is 4.56. The Bertz CT molecular complexity index is 1370. The zero-order valence-corrected chi connectivity index (χ0v) is 21.0. The second kappa shape index (κ2) is 10.7. The summed E-state index contributed by atoms with van der Waals surface area (Å²) in [7, 11) is 1.58. The Morgan fingerprint density at radius 2 is 1.77 bits per heavy atom. The van der Waals surface area contributed by atoms with Crippen LogP contribution in [0.5, 0.6) is 5.75 Å². The van der Waals surface area contributed by atoms with E-state index in [1.54, 1.807) is 19.2 Å². The quantitative estimate of drug-likeness (QED) is 0.292. The number of carbonyl (C=O) groups is 2. The Hall–Kier alpha value is -3.71. The molecule has 1 amide bonds. The fraction of sp³-hybridized carbons (Fsp3) is 0.179. The number of nitrogens with zero attached hydrogens (tertiary/aromatic N) is 1. The molecule has 4 rings (SSSR count). The number of hydrogen-bond donors (Lipinski definition) is 2. The Kier molecular flexibility index (Phi) is 7.46. The molecule has 0 saturated heterocycles. The summed E-state index contributed by atoms with van der Waals surface area (Å²) in [6, 6.07) is 22.6. The summed E-state index contributed by atoms with van der Waals surface area (Å²) >= 11 is 3.50. The molecule has 35 heavy (non-hydrogen) atoms. The van der Waals surface area contributed by atoms with Gasteiger partial charge >= 0.3 is 5.97 Å². The Labute approximate surface area is 212 Å². The third-order valence-corrected chi connectivity index (χ3v) is 6.48. The van der Waals surface area contributed by atoms with Gasteiger partial charge in [0, 0.05) is 27.9 Å². The summed E-state index contributed by atoms with van der Waals surface area (Å²) in [4.78, 5) is 29.9. The molecule has 0 spiro atoms. The van der Waals surface area contributed by atoms with Crippen LogP contribution in [0.1, 0.15) is 33.8 Å². The SMILES string of the molecule is COc1ccc(C(CNC(=O)c2c(C)c(-c3ccccc3)nc3ccc(Br)cc23)CC(=O)O)cc1. The van der Waals surface area contributed by atoms with Crippen molar-refractivity contribution in [3.05, 3.63) is 94.0 Å². The number of amides is 1. The number of carboxylic acid groups (broad SMARTS) is 1. The van der Waals surface area contributed by atoms with Gasteiger partial charge in [0.2, 0.25) is 0 Å². The van der Waals surface area contributed by atoms with Crippen LogP contribution < -0.4 is 10.1 Å². The minimum atomic E-state index is -0.930. The highest BCUT2D eigenvalue weighted by Gasteiger charge is 2.22. The second-order valence-corrected chi connectivity index (χ2v) is 9.18. The molecular weight excluding hydrogens is 508 g/mol. The lowest BCUT2D eigenvalue weighted by Gasteiger charge is -2.19. The van der Waals surface area contributed by atoms with Gasteiger partial charge in [-0.05, 0) is 48.4 Å². The second-order valence-electron chi connectivity index (χ2n) is 8.27. The maximum absolute atomic E-state index is 13.6. The zero-order valence-electron chi connectivity index (χ0n) is 19.4. The monoisotopic (exact) mass is 532 g/mol. The number of methoxy groups -OCH3 is 1. The van der Waals surface area contributed by atoms with Crippen LogP contribution in [0.4, 0.5) is 0 Å². The Morgan fingerprint density at radius 3 is 2.43 bits per heavy atom. The minimum Gasteiger partial charge on any atom is -0.497 e. The first-order valence-corrected chi connectivity index (χ1v) is 12.0. The van der Waals surface area contributed by atoms with Crippen LogP contribution in [0, 0.1) is 6.92 Å². The minimum absolute atomic E-state index is 0.108. The molecule has 178 valence electrons. The maximum atomic E-state index is 13.6. The molecule has 7 heteroatoms. The Balaban J connectivity index is 1.70. The number of benzene rings is 3.